The Kier molecular flexibility index (Phi) is 8.73. The van der Waals surface area contributed by atoms with Crippen LogP contribution in [0.25, 0.3) is 65.3 Å². The minimum atomic E-state index is 0.0389. The van der Waals surface area contributed by atoms with Gasteiger partial charge in [-0.05, 0) is 162 Å². The van der Waals surface area contributed by atoms with Crippen molar-refractivity contribution >= 4 is 77.2 Å². The van der Waals surface area contributed by atoms with Crippen molar-refractivity contribution in [3.05, 3.63) is 241 Å². The number of anilines is 6. The quantitative estimate of drug-likeness (QED) is 0.162. The molecule has 2 saturated carbocycles. The largest absolute Gasteiger partial charge is 0.310 e. The lowest BCUT2D eigenvalue weighted by Gasteiger charge is -2.44. The molecule has 0 unspecified atom stereocenters. The molecule has 0 saturated heterocycles. The zero-order valence-corrected chi connectivity index (χ0v) is 39.3. The van der Waals surface area contributed by atoms with Gasteiger partial charge in [-0.2, -0.15) is 0 Å². The van der Waals surface area contributed by atoms with Crippen molar-refractivity contribution in [2.75, 3.05) is 9.80 Å². The highest BCUT2D eigenvalue weighted by Crippen LogP contribution is 2.61. The first-order chi connectivity index (χ1) is 34.7. The minimum absolute atomic E-state index is 0.0389. The van der Waals surface area contributed by atoms with E-state index in [9.17, 15) is 0 Å². The summed E-state index contributed by atoms with van der Waals surface area (Å²) >= 11 is 0. The number of nitrogens with zero attached hydrogens (tertiary/aromatic N) is 2. The number of hydrogen-bond donors (Lipinski definition) is 0. The summed E-state index contributed by atoms with van der Waals surface area (Å²) in [6.45, 7) is 0. The average Bonchev–Trinajstić information content (AvgIpc) is 4.13. The highest BCUT2D eigenvalue weighted by molar-refractivity contribution is 6.26. The van der Waals surface area contributed by atoms with Crippen LogP contribution in [0.3, 0.4) is 0 Å². The van der Waals surface area contributed by atoms with Crippen LogP contribution < -0.4 is 9.80 Å². The topological polar surface area (TPSA) is 6.48 Å². The van der Waals surface area contributed by atoms with E-state index in [2.05, 4.69) is 228 Å². The lowest BCUT2D eigenvalue weighted by Crippen LogP contribution is -2.33. The minimum Gasteiger partial charge on any atom is -0.310 e. The van der Waals surface area contributed by atoms with Crippen molar-refractivity contribution in [1.29, 1.82) is 0 Å². The first-order valence-corrected chi connectivity index (χ1v) is 25.7. The molecule has 2 aliphatic carbocycles. The summed E-state index contributed by atoms with van der Waals surface area (Å²) in [5.41, 5.74) is 18.5. The van der Waals surface area contributed by atoms with Crippen LogP contribution in [0.15, 0.2) is 218 Å². The van der Waals surface area contributed by atoms with Crippen molar-refractivity contribution in [3.63, 3.8) is 0 Å². The van der Waals surface area contributed by atoms with E-state index < -0.39 is 0 Å². The van der Waals surface area contributed by atoms with Gasteiger partial charge >= 0.3 is 0 Å². The summed E-state index contributed by atoms with van der Waals surface area (Å²) in [6.07, 6.45) is 9.80. The highest BCUT2D eigenvalue weighted by atomic mass is 15.2. The van der Waals surface area contributed by atoms with Crippen molar-refractivity contribution < 1.29 is 0 Å². The predicted octanol–water partition coefficient (Wildman–Crippen LogP) is 18.9. The van der Waals surface area contributed by atoms with Gasteiger partial charge in [0.05, 0.1) is 22.7 Å². The zero-order valence-electron chi connectivity index (χ0n) is 39.3. The molecule has 2 aliphatic heterocycles. The maximum absolute atomic E-state index is 2.58. The van der Waals surface area contributed by atoms with Crippen molar-refractivity contribution in [1.82, 2.24) is 0 Å². The van der Waals surface area contributed by atoms with E-state index in [-0.39, 0.29) is 10.8 Å². The second kappa shape index (κ2) is 15.3. The lowest BCUT2D eigenvalue weighted by molar-refractivity contribution is 0.530. The van der Waals surface area contributed by atoms with Gasteiger partial charge in [0.2, 0.25) is 0 Å². The number of para-hydroxylation sites is 4. The second-order valence-corrected chi connectivity index (χ2v) is 20.6. The van der Waals surface area contributed by atoms with Crippen molar-refractivity contribution in [3.8, 4) is 22.3 Å². The number of benzene rings is 11. The Balaban J connectivity index is 1.06. The van der Waals surface area contributed by atoms with Crippen LogP contribution in [0, 0.1) is 0 Å². The second-order valence-electron chi connectivity index (χ2n) is 20.6. The first-order valence-electron chi connectivity index (χ1n) is 25.7. The molecule has 70 heavy (non-hydrogen) atoms. The summed E-state index contributed by atoms with van der Waals surface area (Å²) in [5.74, 6) is 0. The SMILES string of the molecule is c1ccc2c(c1)N(c1ccc3c(-c4cccc5ccccc45)c4cc(N5c6ccccc6C6(CCCC6)c6ccccc65)ccc4c(-c4cccc5ccccc45)c3c1)c1ccccc1C21CCCC1. The van der Waals surface area contributed by atoms with E-state index in [1.807, 2.05) is 0 Å². The maximum atomic E-state index is 2.58. The predicted molar refractivity (Wildman–Crippen MR) is 295 cm³/mol. The fraction of sp³-hybridized carbons (Fsp3) is 0.147. The Bertz CT molecular complexity index is 3570. The molecule has 4 aliphatic rings. The molecule has 0 bridgehead atoms. The third kappa shape index (κ3) is 5.56. The van der Waals surface area contributed by atoms with Crippen LogP contribution in [-0.2, 0) is 10.8 Å². The van der Waals surface area contributed by atoms with Crippen molar-refractivity contribution in [2.45, 2.75) is 62.2 Å². The van der Waals surface area contributed by atoms with E-state index in [1.54, 1.807) is 0 Å². The molecule has 15 rings (SSSR count). The maximum Gasteiger partial charge on any atom is 0.0502 e. The third-order valence-corrected chi connectivity index (χ3v) is 17.3. The molecule has 11 aromatic rings. The molecule has 334 valence electrons. The zero-order chi connectivity index (χ0) is 46.0. The van der Waals surface area contributed by atoms with Gasteiger partial charge in [0.25, 0.3) is 0 Å². The Hall–Kier alpha value is -7.94. The molecule has 0 radical (unpaired) electrons. The Morgan fingerprint density at radius 1 is 0.271 bits per heavy atom. The molecule has 2 heterocycles. The smallest absolute Gasteiger partial charge is 0.0502 e. The first kappa shape index (κ1) is 40.0. The summed E-state index contributed by atoms with van der Waals surface area (Å²) in [7, 11) is 0. The third-order valence-electron chi connectivity index (χ3n) is 17.3. The van der Waals surface area contributed by atoms with Gasteiger partial charge in [-0.3, -0.25) is 0 Å². The van der Waals surface area contributed by atoms with Gasteiger partial charge in [-0.15, -0.1) is 0 Å². The average molecular weight is 897 g/mol. The molecule has 0 atom stereocenters. The van der Waals surface area contributed by atoms with Crippen LogP contribution in [-0.4, -0.2) is 0 Å². The van der Waals surface area contributed by atoms with Crippen LogP contribution in [0.2, 0.25) is 0 Å². The van der Waals surface area contributed by atoms with Gasteiger partial charge in [-0.25, -0.2) is 0 Å². The van der Waals surface area contributed by atoms with Gasteiger partial charge < -0.3 is 9.80 Å². The molecule has 2 heteroatoms. The molecule has 11 aromatic carbocycles. The molecular formula is C68H52N2. The molecule has 2 spiro atoms. The van der Waals surface area contributed by atoms with E-state index in [0.717, 1.165) is 0 Å². The Morgan fingerprint density at radius 3 is 0.986 bits per heavy atom. The Labute approximate surface area is 410 Å². The number of rotatable bonds is 4. The summed E-state index contributed by atoms with van der Waals surface area (Å²) in [6, 6.07) is 83.6. The van der Waals surface area contributed by atoms with Crippen LogP contribution >= 0.6 is 0 Å². The summed E-state index contributed by atoms with van der Waals surface area (Å²) in [4.78, 5) is 5.15. The number of hydrogen-bond acceptors (Lipinski definition) is 2. The van der Waals surface area contributed by atoms with Gasteiger partial charge in [-0.1, -0.05) is 196 Å². The van der Waals surface area contributed by atoms with E-state index in [0.29, 0.717) is 0 Å². The normalized spacial score (nSPS) is 16.3. The molecule has 2 fully saturated rings. The van der Waals surface area contributed by atoms with Gasteiger partial charge in [0.15, 0.2) is 0 Å². The van der Waals surface area contributed by atoms with Crippen LogP contribution in [0.1, 0.15) is 73.6 Å². The summed E-state index contributed by atoms with van der Waals surface area (Å²) < 4.78 is 0. The summed E-state index contributed by atoms with van der Waals surface area (Å²) in [5, 5.41) is 10.0. The number of fused-ring (bicyclic) bond motifs is 12. The van der Waals surface area contributed by atoms with Crippen LogP contribution in [0.5, 0.6) is 0 Å². The highest BCUT2D eigenvalue weighted by Gasteiger charge is 2.46. The fourth-order valence-electron chi connectivity index (χ4n) is 14.4. The van der Waals surface area contributed by atoms with Gasteiger partial charge in [0, 0.05) is 22.2 Å². The lowest BCUT2D eigenvalue weighted by atomic mass is 9.69. The van der Waals surface area contributed by atoms with E-state index >= 15 is 0 Å². The Morgan fingerprint density at radius 2 is 0.600 bits per heavy atom. The molecule has 2 nitrogen and oxygen atoms in total. The molecular weight excluding hydrogens is 845 g/mol. The molecule has 0 amide bonds. The standard InChI is InChI=1S/C68H52N2/c1-3-23-49-45(19-1)21-17-25-51(49)65-53-37-35-48(70-63-33-11-7-29-59(63)68(41-15-16-42-68)60-30-8-12-34-64(60)70)44-56(53)66(52-26-18-22-46-20-2-4-24-50(46)52)54-38-36-47(43-55(54)65)69-61-31-9-5-27-57(61)67(39-13-14-40-67)58-28-6-10-32-62(58)69/h1-12,17-38,43-44H,13-16,39-42H2. The van der Waals surface area contributed by atoms with Crippen molar-refractivity contribution in [2.24, 2.45) is 0 Å². The van der Waals surface area contributed by atoms with Gasteiger partial charge in [0.1, 0.15) is 0 Å². The molecule has 0 aromatic heterocycles. The van der Waals surface area contributed by atoms with Crippen LogP contribution in [0.4, 0.5) is 34.1 Å². The van der Waals surface area contributed by atoms with E-state index in [1.165, 1.54) is 173 Å². The van der Waals surface area contributed by atoms with E-state index in [4.69, 9.17) is 0 Å². The molecule has 0 N–H and O–H groups in total. The monoisotopic (exact) mass is 896 g/mol. The fourth-order valence-corrected chi connectivity index (χ4v) is 14.4.